The van der Waals surface area contributed by atoms with Gasteiger partial charge in [-0.25, -0.2) is 8.42 Å². The number of fused-ring (bicyclic) bond motifs is 1. The predicted octanol–water partition coefficient (Wildman–Crippen LogP) is 0.487. The fourth-order valence-electron chi connectivity index (χ4n) is 3.36. The average molecular weight is 367 g/mol. The number of ether oxygens (including phenoxy) is 1. The Morgan fingerprint density at radius 3 is 3.00 bits per heavy atom. The number of nitrogens with one attached hydrogen (secondary N) is 1. The fourth-order valence-corrected chi connectivity index (χ4v) is 4.94. The minimum atomic E-state index is -3.61. The molecule has 1 fully saturated rings. The van der Waals surface area contributed by atoms with E-state index in [4.69, 9.17) is 10.5 Å². The molecule has 0 aliphatic carbocycles. The Morgan fingerprint density at radius 1 is 1.36 bits per heavy atom. The monoisotopic (exact) mass is 367 g/mol. The molecule has 138 valence electrons. The second-order valence-corrected chi connectivity index (χ2v) is 8.44. The molecule has 2 aliphatic rings. The largest absolute Gasteiger partial charge is 0.493 e. The number of hydrogen-bond donors (Lipinski definition) is 2. The van der Waals surface area contributed by atoms with Gasteiger partial charge in [0.15, 0.2) is 0 Å². The zero-order valence-electron chi connectivity index (χ0n) is 14.2. The second kappa shape index (κ2) is 7.72. The summed E-state index contributed by atoms with van der Waals surface area (Å²) in [6.07, 6.45) is 3.08. The number of piperidine rings is 1. The maximum atomic E-state index is 13.0. The maximum absolute atomic E-state index is 13.0. The standard InChI is InChI=1S/C17H25N3O4S/c18-7-8-19-17(21)14-3-1-9-20(12-14)25(22,23)15-5-6-16-13(11-15)4-2-10-24-16/h5-6,11,14H,1-4,7-10,12,18H2,(H,19,21). The Kier molecular flexibility index (Phi) is 5.61. The molecule has 1 atom stereocenters. The van der Waals surface area contributed by atoms with Gasteiger partial charge in [0.25, 0.3) is 0 Å². The van der Waals surface area contributed by atoms with Crippen molar-refractivity contribution in [2.45, 2.75) is 30.6 Å². The van der Waals surface area contributed by atoms with Gasteiger partial charge in [-0.2, -0.15) is 4.31 Å². The highest BCUT2D eigenvalue weighted by atomic mass is 32.2. The number of rotatable bonds is 5. The van der Waals surface area contributed by atoms with Crippen LogP contribution in [-0.4, -0.2) is 51.4 Å². The summed E-state index contributed by atoms with van der Waals surface area (Å²) in [5.41, 5.74) is 6.34. The zero-order chi connectivity index (χ0) is 17.9. The van der Waals surface area contributed by atoms with Crippen molar-refractivity contribution in [3.8, 4) is 5.75 Å². The lowest BCUT2D eigenvalue weighted by Gasteiger charge is -2.31. The van der Waals surface area contributed by atoms with Crippen LogP contribution in [0.5, 0.6) is 5.75 Å². The van der Waals surface area contributed by atoms with Gasteiger partial charge in [-0.1, -0.05) is 0 Å². The van der Waals surface area contributed by atoms with Crippen LogP contribution in [-0.2, 0) is 21.2 Å². The number of nitrogens with two attached hydrogens (primary N) is 1. The van der Waals surface area contributed by atoms with Crippen molar-refractivity contribution in [1.82, 2.24) is 9.62 Å². The molecule has 0 radical (unpaired) electrons. The smallest absolute Gasteiger partial charge is 0.243 e. The highest BCUT2D eigenvalue weighted by Gasteiger charge is 2.33. The molecule has 3 N–H and O–H groups in total. The van der Waals surface area contributed by atoms with E-state index in [0.717, 1.165) is 24.2 Å². The van der Waals surface area contributed by atoms with Crippen molar-refractivity contribution in [3.05, 3.63) is 23.8 Å². The highest BCUT2D eigenvalue weighted by molar-refractivity contribution is 7.89. The van der Waals surface area contributed by atoms with E-state index in [1.54, 1.807) is 18.2 Å². The molecule has 25 heavy (non-hydrogen) atoms. The molecule has 8 heteroatoms. The van der Waals surface area contributed by atoms with E-state index in [9.17, 15) is 13.2 Å². The number of carbonyl (C=O) groups excluding carboxylic acids is 1. The van der Waals surface area contributed by atoms with Crippen LogP contribution in [0.25, 0.3) is 0 Å². The minimum Gasteiger partial charge on any atom is -0.493 e. The third kappa shape index (κ3) is 3.96. The summed E-state index contributed by atoms with van der Waals surface area (Å²) in [7, 11) is -3.61. The minimum absolute atomic E-state index is 0.121. The van der Waals surface area contributed by atoms with Gasteiger partial charge >= 0.3 is 0 Å². The van der Waals surface area contributed by atoms with E-state index in [-0.39, 0.29) is 23.3 Å². The number of hydrogen-bond acceptors (Lipinski definition) is 5. The van der Waals surface area contributed by atoms with Crippen molar-refractivity contribution in [3.63, 3.8) is 0 Å². The molecule has 1 amide bonds. The molecular formula is C17H25N3O4S. The summed E-state index contributed by atoms with van der Waals surface area (Å²) in [6.45, 7) is 2.11. The van der Waals surface area contributed by atoms with Gasteiger partial charge in [-0.3, -0.25) is 4.79 Å². The molecule has 0 saturated carbocycles. The first-order valence-electron chi connectivity index (χ1n) is 8.76. The number of carbonyl (C=O) groups is 1. The van der Waals surface area contributed by atoms with Gasteiger partial charge in [0, 0.05) is 26.2 Å². The first kappa shape index (κ1) is 18.2. The Morgan fingerprint density at radius 2 is 2.20 bits per heavy atom. The summed E-state index contributed by atoms with van der Waals surface area (Å²) in [4.78, 5) is 12.4. The Balaban J connectivity index is 1.76. The molecule has 1 saturated heterocycles. The van der Waals surface area contributed by atoms with E-state index >= 15 is 0 Å². The predicted molar refractivity (Wildman–Crippen MR) is 93.8 cm³/mol. The average Bonchev–Trinajstić information content (AvgIpc) is 2.65. The van der Waals surface area contributed by atoms with E-state index < -0.39 is 10.0 Å². The molecule has 1 aromatic rings. The molecular weight excluding hydrogens is 342 g/mol. The Bertz CT molecular complexity index is 735. The first-order valence-corrected chi connectivity index (χ1v) is 10.2. The molecule has 0 aromatic heterocycles. The number of benzene rings is 1. The Labute approximate surface area is 148 Å². The van der Waals surface area contributed by atoms with Crippen LogP contribution in [0, 0.1) is 5.92 Å². The Hall–Kier alpha value is -1.64. The van der Waals surface area contributed by atoms with Crippen LogP contribution in [0.2, 0.25) is 0 Å². The van der Waals surface area contributed by atoms with Crippen molar-refractivity contribution in [2.75, 3.05) is 32.8 Å². The number of aryl methyl sites for hydroxylation is 1. The number of amides is 1. The highest BCUT2D eigenvalue weighted by Crippen LogP contribution is 2.30. The lowest BCUT2D eigenvalue weighted by molar-refractivity contribution is -0.126. The van der Waals surface area contributed by atoms with Crippen molar-refractivity contribution < 1.29 is 17.9 Å². The molecule has 0 spiro atoms. The molecule has 1 aromatic carbocycles. The summed E-state index contributed by atoms with van der Waals surface area (Å²) < 4.78 is 33.0. The molecule has 0 bridgehead atoms. The first-order chi connectivity index (χ1) is 12.0. The normalized spacial score (nSPS) is 21.2. The van der Waals surface area contributed by atoms with E-state index in [0.29, 0.717) is 39.1 Å². The molecule has 7 nitrogen and oxygen atoms in total. The maximum Gasteiger partial charge on any atom is 0.243 e. The van der Waals surface area contributed by atoms with E-state index in [2.05, 4.69) is 5.32 Å². The van der Waals surface area contributed by atoms with Crippen molar-refractivity contribution in [1.29, 1.82) is 0 Å². The fraction of sp³-hybridized carbons (Fsp3) is 0.588. The van der Waals surface area contributed by atoms with Gasteiger partial charge in [-0.05, 0) is 49.4 Å². The van der Waals surface area contributed by atoms with Crippen LogP contribution in [0.3, 0.4) is 0 Å². The molecule has 2 aliphatic heterocycles. The summed E-state index contributed by atoms with van der Waals surface area (Å²) in [5, 5.41) is 2.75. The van der Waals surface area contributed by atoms with Crippen molar-refractivity contribution >= 4 is 15.9 Å². The van der Waals surface area contributed by atoms with Gasteiger partial charge in [0.1, 0.15) is 5.75 Å². The number of sulfonamides is 1. The topological polar surface area (TPSA) is 102 Å². The summed E-state index contributed by atoms with van der Waals surface area (Å²) in [5.74, 6) is 0.322. The lowest BCUT2D eigenvalue weighted by atomic mass is 9.99. The van der Waals surface area contributed by atoms with Crippen molar-refractivity contribution in [2.24, 2.45) is 11.7 Å². The van der Waals surface area contributed by atoms with E-state index in [1.165, 1.54) is 4.31 Å². The van der Waals surface area contributed by atoms with Gasteiger partial charge in [0.05, 0.1) is 17.4 Å². The third-order valence-electron chi connectivity index (χ3n) is 4.72. The van der Waals surface area contributed by atoms with Gasteiger partial charge < -0.3 is 15.8 Å². The van der Waals surface area contributed by atoms with Gasteiger partial charge in [0.2, 0.25) is 15.9 Å². The molecule has 2 heterocycles. The number of nitrogens with zero attached hydrogens (tertiary/aromatic N) is 1. The van der Waals surface area contributed by atoms with Crippen LogP contribution >= 0.6 is 0 Å². The van der Waals surface area contributed by atoms with Crippen LogP contribution in [0.15, 0.2) is 23.1 Å². The third-order valence-corrected chi connectivity index (χ3v) is 6.58. The van der Waals surface area contributed by atoms with Crippen LogP contribution in [0.4, 0.5) is 0 Å². The second-order valence-electron chi connectivity index (χ2n) is 6.50. The molecule has 1 unspecified atom stereocenters. The van der Waals surface area contributed by atoms with E-state index in [1.807, 2.05) is 0 Å². The lowest BCUT2D eigenvalue weighted by Crippen LogP contribution is -2.46. The quantitative estimate of drug-likeness (QED) is 0.788. The summed E-state index contributed by atoms with van der Waals surface area (Å²) in [6, 6.07) is 5.04. The SMILES string of the molecule is NCCNC(=O)C1CCCN(S(=O)(=O)c2ccc3c(c2)CCCO3)C1. The summed E-state index contributed by atoms with van der Waals surface area (Å²) >= 11 is 0. The zero-order valence-corrected chi connectivity index (χ0v) is 15.1. The molecule has 3 rings (SSSR count). The van der Waals surface area contributed by atoms with Gasteiger partial charge in [-0.15, -0.1) is 0 Å². The van der Waals surface area contributed by atoms with Crippen LogP contribution < -0.4 is 15.8 Å². The van der Waals surface area contributed by atoms with Crippen LogP contribution in [0.1, 0.15) is 24.8 Å².